The van der Waals surface area contributed by atoms with Crippen molar-refractivity contribution in [3.63, 3.8) is 0 Å². The molecule has 6 N–H and O–H groups in total. The van der Waals surface area contributed by atoms with E-state index in [0.717, 1.165) is 36.8 Å². The van der Waals surface area contributed by atoms with E-state index in [2.05, 4.69) is 45.7 Å². The Kier molecular flexibility index (Phi) is 20.1. The zero-order chi connectivity index (χ0) is 22.7. The summed E-state index contributed by atoms with van der Waals surface area (Å²) in [7, 11) is 0. The second kappa shape index (κ2) is 21.3. The molecule has 33 heavy (non-hydrogen) atoms. The van der Waals surface area contributed by atoms with Crippen LogP contribution < -0.4 is 31.9 Å². The Morgan fingerprint density at radius 3 is 0.909 bits per heavy atom. The molecule has 0 bridgehead atoms. The number of halogens is 1. The standard InChI is InChI=1S/C26H56N6.ClH/c1-3-27-11-5-7-13-29-19-23-17-25(23)21-31-15-9-10-16-32-22-26-18-24(26)20-30-14-8-6-12-28-4-2;/h23-32H,3-22H2,1-2H3;1H. The van der Waals surface area contributed by atoms with Gasteiger partial charge in [-0.05, 0) is 154 Å². The predicted octanol–water partition coefficient (Wildman–Crippen LogP) is 2.60. The van der Waals surface area contributed by atoms with Crippen molar-refractivity contribution in [3.05, 3.63) is 0 Å². The predicted molar refractivity (Wildman–Crippen MR) is 147 cm³/mol. The highest BCUT2D eigenvalue weighted by atomic mass is 35.5. The molecule has 2 rings (SSSR count). The molecule has 4 atom stereocenters. The summed E-state index contributed by atoms with van der Waals surface area (Å²) >= 11 is 0. The van der Waals surface area contributed by atoms with Crippen molar-refractivity contribution >= 4 is 12.4 Å². The highest BCUT2D eigenvalue weighted by Crippen LogP contribution is 2.37. The first kappa shape index (κ1) is 31.1. The molecule has 0 aromatic carbocycles. The lowest BCUT2D eigenvalue weighted by Gasteiger charge is -2.07. The quantitative estimate of drug-likeness (QED) is 0.111. The average molecular weight is 489 g/mol. The van der Waals surface area contributed by atoms with Crippen molar-refractivity contribution in [2.45, 2.75) is 65.2 Å². The van der Waals surface area contributed by atoms with Crippen LogP contribution >= 0.6 is 12.4 Å². The average Bonchev–Trinajstić information content (AvgIpc) is 3.72. The van der Waals surface area contributed by atoms with Crippen LogP contribution in [0.1, 0.15) is 65.2 Å². The number of rotatable bonds is 25. The van der Waals surface area contributed by atoms with Gasteiger partial charge in [-0.25, -0.2) is 0 Å². The minimum Gasteiger partial charge on any atom is -0.317 e. The van der Waals surface area contributed by atoms with Gasteiger partial charge < -0.3 is 31.9 Å². The molecule has 0 amide bonds. The molecule has 198 valence electrons. The topological polar surface area (TPSA) is 72.2 Å². The second-order valence-electron chi connectivity index (χ2n) is 10.2. The maximum absolute atomic E-state index is 3.69. The molecular weight excluding hydrogens is 432 g/mol. The molecular formula is C26H57ClN6. The molecule has 2 saturated carbocycles. The monoisotopic (exact) mass is 488 g/mol. The third-order valence-electron chi connectivity index (χ3n) is 7.14. The summed E-state index contributed by atoms with van der Waals surface area (Å²) in [4.78, 5) is 0. The van der Waals surface area contributed by atoms with Crippen LogP contribution in [0.3, 0.4) is 0 Å². The van der Waals surface area contributed by atoms with Gasteiger partial charge in [-0.2, -0.15) is 0 Å². The number of unbranched alkanes of at least 4 members (excludes halogenated alkanes) is 3. The van der Waals surface area contributed by atoms with Crippen molar-refractivity contribution in [1.82, 2.24) is 31.9 Å². The van der Waals surface area contributed by atoms with Crippen molar-refractivity contribution < 1.29 is 0 Å². The molecule has 0 heterocycles. The van der Waals surface area contributed by atoms with Crippen LogP contribution in [0.25, 0.3) is 0 Å². The van der Waals surface area contributed by atoms with Gasteiger partial charge in [-0.1, -0.05) is 13.8 Å². The van der Waals surface area contributed by atoms with E-state index in [4.69, 9.17) is 0 Å². The summed E-state index contributed by atoms with van der Waals surface area (Å²) in [6, 6.07) is 0. The molecule has 0 radical (unpaired) electrons. The highest BCUT2D eigenvalue weighted by molar-refractivity contribution is 5.85. The van der Waals surface area contributed by atoms with Gasteiger partial charge in [0.1, 0.15) is 0 Å². The van der Waals surface area contributed by atoms with Crippen LogP contribution in [-0.2, 0) is 0 Å². The molecule has 0 saturated heterocycles. The first-order valence-electron chi connectivity index (χ1n) is 14.1. The number of hydrogen-bond donors (Lipinski definition) is 6. The van der Waals surface area contributed by atoms with E-state index in [0.29, 0.717) is 0 Å². The van der Waals surface area contributed by atoms with Gasteiger partial charge in [0.25, 0.3) is 0 Å². The molecule has 2 aliphatic rings. The maximum Gasteiger partial charge on any atom is -0.00173 e. The number of nitrogens with one attached hydrogen (secondary N) is 6. The highest BCUT2D eigenvalue weighted by Gasteiger charge is 2.36. The molecule has 2 aliphatic carbocycles. The summed E-state index contributed by atoms with van der Waals surface area (Å²) in [5.41, 5.74) is 0. The Morgan fingerprint density at radius 2 is 0.667 bits per heavy atom. The number of hydrogen-bond acceptors (Lipinski definition) is 6. The zero-order valence-corrected chi connectivity index (χ0v) is 22.7. The molecule has 0 aromatic rings. The Bertz CT molecular complexity index is 390. The summed E-state index contributed by atoms with van der Waals surface area (Å²) in [6.07, 6.45) is 10.6. The minimum atomic E-state index is 0. The van der Waals surface area contributed by atoms with Crippen molar-refractivity contribution in [3.8, 4) is 0 Å². The van der Waals surface area contributed by atoms with Gasteiger partial charge in [0.15, 0.2) is 0 Å². The van der Waals surface area contributed by atoms with E-state index < -0.39 is 0 Å². The van der Waals surface area contributed by atoms with Crippen LogP contribution in [0.5, 0.6) is 0 Å². The van der Waals surface area contributed by atoms with Crippen LogP contribution in [-0.4, -0.2) is 78.5 Å². The van der Waals surface area contributed by atoms with Crippen molar-refractivity contribution in [1.29, 1.82) is 0 Å². The van der Waals surface area contributed by atoms with E-state index in [1.165, 1.54) is 117 Å². The fourth-order valence-electron chi connectivity index (χ4n) is 4.62. The first-order valence-corrected chi connectivity index (χ1v) is 14.1. The van der Waals surface area contributed by atoms with Gasteiger partial charge in [0, 0.05) is 0 Å². The van der Waals surface area contributed by atoms with E-state index in [1.807, 2.05) is 0 Å². The summed E-state index contributed by atoms with van der Waals surface area (Å²) in [5, 5.41) is 21.5. The normalized spacial score (nSPS) is 23.5. The fourth-order valence-corrected chi connectivity index (χ4v) is 4.62. The zero-order valence-electron chi connectivity index (χ0n) is 21.9. The lowest BCUT2D eigenvalue weighted by Crippen LogP contribution is -2.25. The fraction of sp³-hybridized carbons (Fsp3) is 1.00. The summed E-state index contributed by atoms with van der Waals surface area (Å²) in [5.74, 6) is 3.71. The maximum atomic E-state index is 3.69. The molecule has 0 aliphatic heterocycles. The van der Waals surface area contributed by atoms with Crippen LogP contribution in [0.4, 0.5) is 0 Å². The molecule has 6 nitrogen and oxygen atoms in total. The Morgan fingerprint density at radius 1 is 0.424 bits per heavy atom. The van der Waals surface area contributed by atoms with Gasteiger partial charge in [0.2, 0.25) is 0 Å². The largest absolute Gasteiger partial charge is 0.317 e. The molecule has 0 spiro atoms. The summed E-state index contributed by atoms with van der Waals surface area (Å²) in [6.45, 7) is 18.5. The third-order valence-corrected chi connectivity index (χ3v) is 7.14. The van der Waals surface area contributed by atoms with Gasteiger partial charge in [-0.15, -0.1) is 12.4 Å². The second-order valence-corrected chi connectivity index (χ2v) is 10.2. The van der Waals surface area contributed by atoms with E-state index >= 15 is 0 Å². The third kappa shape index (κ3) is 17.2. The van der Waals surface area contributed by atoms with Crippen LogP contribution in [0.15, 0.2) is 0 Å². The Hall–Kier alpha value is 0.0500. The van der Waals surface area contributed by atoms with Crippen molar-refractivity contribution in [2.75, 3.05) is 78.5 Å². The lowest BCUT2D eigenvalue weighted by atomic mass is 10.2. The summed E-state index contributed by atoms with van der Waals surface area (Å²) < 4.78 is 0. The minimum absolute atomic E-state index is 0. The van der Waals surface area contributed by atoms with E-state index in [-0.39, 0.29) is 12.4 Å². The van der Waals surface area contributed by atoms with E-state index in [1.54, 1.807) is 0 Å². The molecule has 2 fully saturated rings. The van der Waals surface area contributed by atoms with Crippen molar-refractivity contribution in [2.24, 2.45) is 23.7 Å². The first-order chi connectivity index (χ1) is 15.8. The van der Waals surface area contributed by atoms with Crippen LogP contribution in [0, 0.1) is 23.7 Å². The molecule has 0 aromatic heterocycles. The smallest absolute Gasteiger partial charge is 0.00173 e. The molecule has 4 unspecified atom stereocenters. The van der Waals surface area contributed by atoms with Crippen LogP contribution in [0.2, 0.25) is 0 Å². The SMILES string of the molecule is CCNCCCCNCC1CC1CNCCCCNCC1CC1CNCCCCNCC.Cl. The van der Waals surface area contributed by atoms with Gasteiger partial charge in [-0.3, -0.25) is 0 Å². The lowest BCUT2D eigenvalue weighted by molar-refractivity contribution is 0.519. The van der Waals surface area contributed by atoms with E-state index in [9.17, 15) is 0 Å². The van der Waals surface area contributed by atoms with Gasteiger partial charge in [0.05, 0.1) is 0 Å². The Labute approximate surface area is 211 Å². The molecule has 7 heteroatoms. The Balaban J connectivity index is 0.00000544. The van der Waals surface area contributed by atoms with Gasteiger partial charge >= 0.3 is 0 Å².